The third-order valence-electron chi connectivity index (χ3n) is 3.69. The number of nitrogens with one attached hydrogen (secondary N) is 1. The third-order valence-corrected chi connectivity index (χ3v) is 3.69. The van der Waals surface area contributed by atoms with E-state index in [9.17, 15) is 14.7 Å². The largest absolute Gasteiger partial charge is 1.00 e. The Morgan fingerprint density at radius 2 is 1.68 bits per heavy atom. The Hall–Kier alpha value is -0.0600. The van der Waals surface area contributed by atoms with Crippen LogP contribution in [0.2, 0.25) is 0 Å². The van der Waals surface area contributed by atoms with Crippen molar-refractivity contribution in [2.24, 2.45) is 16.7 Å². The molecule has 0 aromatic rings. The summed E-state index contributed by atoms with van der Waals surface area (Å²) in [6, 6.07) is 0. The number of hydrogen-bond donors (Lipinski definition) is 1. The van der Waals surface area contributed by atoms with Gasteiger partial charge in [-0.25, -0.2) is 0 Å². The van der Waals surface area contributed by atoms with E-state index in [1.807, 2.05) is 0 Å². The topological polar surface area (TPSA) is 69.2 Å². The summed E-state index contributed by atoms with van der Waals surface area (Å²) in [6.07, 6.45) is 2.63. The maximum absolute atomic E-state index is 11.8. The van der Waals surface area contributed by atoms with Gasteiger partial charge in [0.15, 0.2) is 0 Å². The molecule has 0 aromatic carbocycles. The van der Waals surface area contributed by atoms with Crippen molar-refractivity contribution in [1.82, 2.24) is 5.32 Å². The zero-order valence-corrected chi connectivity index (χ0v) is 14.8. The van der Waals surface area contributed by atoms with Crippen LogP contribution in [0.4, 0.5) is 0 Å². The van der Waals surface area contributed by atoms with Crippen molar-refractivity contribution in [3.05, 3.63) is 0 Å². The standard InChI is InChI=1S/C14H25NO3.Na/c1-13(2,8-12(17)18)7-11(16)15-9-14(3,4)10-5-6-10;/h10H,5-9H2,1-4H3,(H,15,16)(H,17,18);/q;+1/p-1. The molecule has 1 aliphatic rings. The second-order valence-corrected chi connectivity index (χ2v) is 6.93. The number of carbonyl (C=O) groups excluding carboxylic acids is 2. The van der Waals surface area contributed by atoms with Crippen LogP contribution in [0.3, 0.4) is 0 Å². The number of rotatable bonds is 7. The van der Waals surface area contributed by atoms with Crippen LogP contribution in [0.25, 0.3) is 0 Å². The fourth-order valence-electron chi connectivity index (χ4n) is 2.29. The number of carbonyl (C=O) groups is 2. The molecule has 1 aliphatic carbocycles. The van der Waals surface area contributed by atoms with Crippen LogP contribution in [0, 0.1) is 16.7 Å². The summed E-state index contributed by atoms with van der Waals surface area (Å²) in [5, 5.41) is 13.5. The first-order chi connectivity index (χ1) is 8.12. The van der Waals surface area contributed by atoms with Gasteiger partial charge in [0, 0.05) is 18.9 Å². The van der Waals surface area contributed by atoms with Gasteiger partial charge in [0.1, 0.15) is 0 Å². The summed E-state index contributed by atoms with van der Waals surface area (Å²) in [7, 11) is 0. The van der Waals surface area contributed by atoms with E-state index >= 15 is 0 Å². The molecule has 1 fully saturated rings. The molecule has 0 unspecified atom stereocenters. The molecule has 0 radical (unpaired) electrons. The smallest absolute Gasteiger partial charge is 0.550 e. The van der Waals surface area contributed by atoms with Gasteiger partial charge in [-0.15, -0.1) is 0 Å². The molecule has 104 valence electrons. The first-order valence-electron chi connectivity index (χ1n) is 6.59. The Bertz CT molecular complexity index is 336. The molecule has 0 aromatic heterocycles. The van der Waals surface area contributed by atoms with Gasteiger partial charge in [0.05, 0.1) is 0 Å². The predicted octanol–water partition coefficient (Wildman–Crippen LogP) is -1.90. The average Bonchev–Trinajstić information content (AvgIpc) is 2.94. The van der Waals surface area contributed by atoms with Gasteiger partial charge in [-0.3, -0.25) is 4.79 Å². The minimum Gasteiger partial charge on any atom is -0.550 e. The van der Waals surface area contributed by atoms with Gasteiger partial charge in [-0.1, -0.05) is 27.7 Å². The third kappa shape index (κ3) is 7.33. The summed E-state index contributed by atoms with van der Waals surface area (Å²) < 4.78 is 0. The minimum atomic E-state index is -1.11. The Kier molecular flexibility index (Phi) is 7.07. The molecule has 1 rings (SSSR count). The first-order valence-corrected chi connectivity index (χ1v) is 6.59. The van der Waals surface area contributed by atoms with Gasteiger partial charge in [0.2, 0.25) is 5.91 Å². The van der Waals surface area contributed by atoms with E-state index in [2.05, 4.69) is 19.2 Å². The fraction of sp³-hybridized carbons (Fsp3) is 0.857. The Balaban J connectivity index is 0.00000324. The molecule has 0 saturated heterocycles. The number of carboxylic acid groups (broad SMARTS) is 1. The zero-order valence-electron chi connectivity index (χ0n) is 12.8. The zero-order chi connectivity index (χ0) is 14.0. The molecule has 4 nitrogen and oxygen atoms in total. The molecule has 19 heavy (non-hydrogen) atoms. The van der Waals surface area contributed by atoms with E-state index in [0.29, 0.717) is 12.5 Å². The SMILES string of the molecule is CC(C)(CC(=O)[O-])CC(=O)NCC(C)(C)C1CC1.[Na+]. The van der Waals surface area contributed by atoms with E-state index in [1.165, 1.54) is 12.8 Å². The Morgan fingerprint density at radius 3 is 2.11 bits per heavy atom. The number of aliphatic carboxylic acids is 1. The van der Waals surface area contributed by atoms with Crippen molar-refractivity contribution in [3.8, 4) is 0 Å². The predicted molar refractivity (Wildman–Crippen MR) is 67.5 cm³/mol. The van der Waals surface area contributed by atoms with Crippen molar-refractivity contribution in [3.63, 3.8) is 0 Å². The molecule has 0 aliphatic heterocycles. The Morgan fingerprint density at radius 1 is 1.16 bits per heavy atom. The van der Waals surface area contributed by atoms with Crippen molar-refractivity contribution >= 4 is 11.9 Å². The summed E-state index contributed by atoms with van der Waals surface area (Å²) in [5.41, 5.74) is -0.402. The molecule has 0 atom stereocenters. The van der Waals surface area contributed by atoms with Crippen LogP contribution < -0.4 is 40.0 Å². The molecule has 0 bridgehead atoms. The minimum absolute atomic E-state index is 0. The summed E-state index contributed by atoms with van der Waals surface area (Å²) in [4.78, 5) is 22.4. The molecule has 1 saturated carbocycles. The van der Waals surface area contributed by atoms with E-state index in [-0.39, 0.29) is 53.7 Å². The van der Waals surface area contributed by atoms with Crippen LogP contribution in [0.15, 0.2) is 0 Å². The van der Waals surface area contributed by atoms with Gasteiger partial charge >= 0.3 is 29.6 Å². The maximum Gasteiger partial charge on any atom is 1.00 e. The van der Waals surface area contributed by atoms with Crippen LogP contribution in [-0.4, -0.2) is 18.4 Å². The average molecular weight is 277 g/mol. The number of amides is 1. The molecule has 1 N–H and O–H groups in total. The quantitative estimate of drug-likeness (QED) is 0.553. The van der Waals surface area contributed by atoms with Crippen molar-refractivity contribution in [1.29, 1.82) is 0 Å². The number of carboxylic acids is 1. The second kappa shape index (κ2) is 7.09. The molecule has 1 amide bonds. The van der Waals surface area contributed by atoms with Crippen molar-refractivity contribution in [2.45, 2.75) is 53.4 Å². The molecular weight excluding hydrogens is 253 g/mol. The van der Waals surface area contributed by atoms with Crippen LogP contribution in [0.5, 0.6) is 0 Å². The monoisotopic (exact) mass is 277 g/mol. The normalized spacial score (nSPS) is 15.6. The summed E-state index contributed by atoms with van der Waals surface area (Å²) in [6.45, 7) is 8.54. The second-order valence-electron chi connectivity index (χ2n) is 6.93. The van der Waals surface area contributed by atoms with Crippen LogP contribution in [0.1, 0.15) is 53.4 Å². The first kappa shape index (κ1) is 18.9. The Labute approximate surface area is 138 Å². The molecule has 5 heteroatoms. The van der Waals surface area contributed by atoms with Gasteiger partial charge in [-0.2, -0.15) is 0 Å². The van der Waals surface area contributed by atoms with Crippen LogP contribution >= 0.6 is 0 Å². The van der Waals surface area contributed by atoms with Crippen molar-refractivity contribution in [2.75, 3.05) is 6.54 Å². The van der Waals surface area contributed by atoms with Crippen molar-refractivity contribution < 1.29 is 44.3 Å². The van der Waals surface area contributed by atoms with Gasteiger partial charge in [0.25, 0.3) is 0 Å². The summed E-state index contributed by atoms with van der Waals surface area (Å²) >= 11 is 0. The molecule has 0 spiro atoms. The van der Waals surface area contributed by atoms with Gasteiger partial charge < -0.3 is 15.2 Å². The summed E-state index contributed by atoms with van der Waals surface area (Å²) in [5.74, 6) is -0.463. The van der Waals surface area contributed by atoms with E-state index in [1.54, 1.807) is 13.8 Å². The van der Waals surface area contributed by atoms with E-state index in [0.717, 1.165) is 0 Å². The molecule has 0 heterocycles. The number of hydrogen-bond acceptors (Lipinski definition) is 3. The molecular formula is C14H24NNaO3. The van der Waals surface area contributed by atoms with E-state index < -0.39 is 11.4 Å². The van der Waals surface area contributed by atoms with Gasteiger partial charge in [-0.05, 0) is 36.0 Å². The van der Waals surface area contributed by atoms with E-state index in [4.69, 9.17) is 0 Å². The van der Waals surface area contributed by atoms with Crippen LogP contribution in [-0.2, 0) is 9.59 Å². The maximum atomic E-state index is 11.8. The fourth-order valence-corrected chi connectivity index (χ4v) is 2.29.